The van der Waals surface area contributed by atoms with Crippen LogP contribution in [0.2, 0.25) is 0 Å². The molecular formula is C24H29N3O2. The number of hydrogen-bond acceptors (Lipinski definition) is 3. The van der Waals surface area contributed by atoms with Crippen LogP contribution in [0.5, 0.6) is 0 Å². The second-order valence-corrected chi connectivity index (χ2v) is 8.02. The van der Waals surface area contributed by atoms with Crippen molar-refractivity contribution in [3.05, 3.63) is 71.3 Å². The standard InChI is InChI=1S/C24H29N3O2/c28-23(25-13-17-26-14-10-19-6-4-5-9-22(19)18-26)20-11-15-27(16-12-20)24(29)21-7-2-1-3-8-21/h1-9,20H,10-18H2,(H,25,28). The van der Waals surface area contributed by atoms with Gasteiger partial charge in [0.15, 0.2) is 0 Å². The van der Waals surface area contributed by atoms with Crippen LogP contribution in [0.4, 0.5) is 0 Å². The zero-order chi connectivity index (χ0) is 20.1. The Morgan fingerprint density at radius 3 is 2.34 bits per heavy atom. The molecule has 0 bridgehead atoms. The van der Waals surface area contributed by atoms with Gasteiger partial charge in [0.25, 0.3) is 5.91 Å². The Morgan fingerprint density at radius 2 is 1.59 bits per heavy atom. The quantitative estimate of drug-likeness (QED) is 0.853. The maximum Gasteiger partial charge on any atom is 0.253 e. The first-order valence-corrected chi connectivity index (χ1v) is 10.6. The number of likely N-dealkylation sites (tertiary alicyclic amines) is 1. The maximum absolute atomic E-state index is 12.6. The van der Waals surface area contributed by atoms with E-state index in [4.69, 9.17) is 0 Å². The average Bonchev–Trinajstić information content (AvgIpc) is 2.79. The third-order valence-corrected chi connectivity index (χ3v) is 6.11. The number of piperidine rings is 1. The third-order valence-electron chi connectivity index (χ3n) is 6.11. The van der Waals surface area contributed by atoms with Crippen LogP contribution >= 0.6 is 0 Å². The van der Waals surface area contributed by atoms with Crippen LogP contribution < -0.4 is 5.32 Å². The van der Waals surface area contributed by atoms with Gasteiger partial charge in [0.1, 0.15) is 0 Å². The first-order chi connectivity index (χ1) is 14.2. The topological polar surface area (TPSA) is 52.7 Å². The SMILES string of the molecule is O=C(NCCN1CCc2ccccc2C1)C1CCN(C(=O)c2ccccc2)CC1. The second kappa shape index (κ2) is 9.23. The predicted octanol–water partition coefficient (Wildman–Crippen LogP) is 2.71. The molecule has 1 saturated heterocycles. The molecule has 4 rings (SSSR count). The van der Waals surface area contributed by atoms with Gasteiger partial charge in [-0.2, -0.15) is 0 Å². The van der Waals surface area contributed by atoms with Crippen LogP contribution in [0.3, 0.4) is 0 Å². The molecule has 0 saturated carbocycles. The number of carbonyl (C=O) groups is 2. The minimum Gasteiger partial charge on any atom is -0.355 e. The fraction of sp³-hybridized carbons (Fsp3) is 0.417. The molecule has 5 nitrogen and oxygen atoms in total. The van der Waals surface area contributed by atoms with Gasteiger partial charge in [0.05, 0.1) is 0 Å². The lowest BCUT2D eigenvalue weighted by atomic mass is 9.95. The van der Waals surface area contributed by atoms with Gasteiger partial charge in [0, 0.05) is 50.7 Å². The van der Waals surface area contributed by atoms with Gasteiger partial charge in [-0.3, -0.25) is 14.5 Å². The largest absolute Gasteiger partial charge is 0.355 e. The molecule has 152 valence electrons. The van der Waals surface area contributed by atoms with E-state index in [2.05, 4.69) is 34.5 Å². The number of rotatable bonds is 5. The molecule has 2 aromatic rings. The normalized spacial score (nSPS) is 17.6. The number of nitrogens with zero attached hydrogens (tertiary/aromatic N) is 2. The number of carbonyl (C=O) groups excluding carboxylic acids is 2. The lowest BCUT2D eigenvalue weighted by Crippen LogP contribution is -2.44. The number of fused-ring (bicyclic) bond motifs is 1. The predicted molar refractivity (Wildman–Crippen MR) is 114 cm³/mol. The lowest BCUT2D eigenvalue weighted by Gasteiger charge is -2.32. The highest BCUT2D eigenvalue weighted by Crippen LogP contribution is 2.20. The zero-order valence-electron chi connectivity index (χ0n) is 16.8. The zero-order valence-corrected chi connectivity index (χ0v) is 16.8. The van der Waals surface area contributed by atoms with E-state index in [1.807, 2.05) is 35.2 Å². The molecule has 5 heteroatoms. The summed E-state index contributed by atoms with van der Waals surface area (Å²) in [4.78, 5) is 29.4. The lowest BCUT2D eigenvalue weighted by molar-refractivity contribution is -0.126. The van der Waals surface area contributed by atoms with E-state index in [9.17, 15) is 9.59 Å². The summed E-state index contributed by atoms with van der Waals surface area (Å²) in [6.45, 7) is 4.87. The van der Waals surface area contributed by atoms with E-state index in [1.165, 1.54) is 11.1 Å². The Bertz CT molecular complexity index is 844. The highest BCUT2D eigenvalue weighted by Gasteiger charge is 2.27. The van der Waals surface area contributed by atoms with Crippen molar-refractivity contribution in [3.63, 3.8) is 0 Å². The Morgan fingerprint density at radius 1 is 0.897 bits per heavy atom. The molecule has 0 spiro atoms. The number of hydrogen-bond donors (Lipinski definition) is 1. The minimum absolute atomic E-state index is 0.0110. The number of benzene rings is 2. The van der Waals surface area contributed by atoms with Crippen LogP contribution in [0.1, 0.15) is 34.3 Å². The van der Waals surface area contributed by atoms with E-state index in [0.29, 0.717) is 19.6 Å². The molecule has 2 heterocycles. The molecule has 2 aliphatic rings. The van der Waals surface area contributed by atoms with E-state index in [1.54, 1.807) is 0 Å². The monoisotopic (exact) mass is 391 g/mol. The van der Waals surface area contributed by atoms with E-state index in [-0.39, 0.29) is 17.7 Å². The molecule has 0 unspecified atom stereocenters. The van der Waals surface area contributed by atoms with Crippen LogP contribution in [-0.4, -0.2) is 54.3 Å². The van der Waals surface area contributed by atoms with Gasteiger partial charge in [-0.15, -0.1) is 0 Å². The highest BCUT2D eigenvalue weighted by molar-refractivity contribution is 5.94. The van der Waals surface area contributed by atoms with Crippen molar-refractivity contribution in [2.24, 2.45) is 5.92 Å². The third kappa shape index (κ3) is 4.85. The summed E-state index contributed by atoms with van der Waals surface area (Å²) < 4.78 is 0. The molecule has 0 atom stereocenters. The van der Waals surface area contributed by atoms with Crippen molar-refractivity contribution in [2.45, 2.75) is 25.8 Å². The molecule has 1 N–H and O–H groups in total. The summed E-state index contributed by atoms with van der Waals surface area (Å²) >= 11 is 0. The molecule has 2 amide bonds. The van der Waals surface area contributed by atoms with Gasteiger partial charge >= 0.3 is 0 Å². The summed E-state index contributed by atoms with van der Waals surface area (Å²) in [7, 11) is 0. The fourth-order valence-corrected chi connectivity index (χ4v) is 4.33. The highest BCUT2D eigenvalue weighted by atomic mass is 16.2. The first-order valence-electron chi connectivity index (χ1n) is 10.6. The molecule has 0 aliphatic carbocycles. The first kappa shape index (κ1) is 19.6. The van der Waals surface area contributed by atoms with Gasteiger partial charge in [-0.1, -0.05) is 42.5 Å². The minimum atomic E-state index is 0.0110. The van der Waals surface area contributed by atoms with Crippen LogP contribution in [0, 0.1) is 5.92 Å². The average molecular weight is 392 g/mol. The maximum atomic E-state index is 12.6. The van der Waals surface area contributed by atoms with Crippen molar-refractivity contribution in [1.82, 2.24) is 15.1 Å². The Hall–Kier alpha value is -2.66. The fourth-order valence-electron chi connectivity index (χ4n) is 4.33. The molecule has 1 fully saturated rings. The molecular weight excluding hydrogens is 362 g/mol. The van der Waals surface area contributed by atoms with Crippen molar-refractivity contribution in [2.75, 3.05) is 32.7 Å². The summed E-state index contributed by atoms with van der Waals surface area (Å²) in [5, 5.41) is 3.12. The summed E-state index contributed by atoms with van der Waals surface area (Å²) in [5.41, 5.74) is 3.57. The van der Waals surface area contributed by atoms with Crippen LogP contribution in [-0.2, 0) is 17.8 Å². The van der Waals surface area contributed by atoms with E-state index >= 15 is 0 Å². The van der Waals surface area contributed by atoms with Crippen LogP contribution in [0.15, 0.2) is 54.6 Å². The summed E-state index contributed by atoms with van der Waals surface area (Å²) in [6.07, 6.45) is 2.56. The van der Waals surface area contributed by atoms with Crippen molar-refractivity contribution in [1.29, 1.82) is 0 Å². The van der Waals surface area contributed by atoms with Crippen LogP contribution in [0.25, 0.3) is 0 Å². The summed E-state index contributed by atoms with van der Waals surface area (Å²) in [6, 6.07) is 18.0. The van der Waals surface area contributed by atoms with Crippen molar-refractivity contribution in [3.8, 4) is 0 Å². The van der Waals surface area contributed by atoms with Gasteiger partial charge in [-0.25, -0.2) is 0 Å². The van der Waals surface area contributed by atoms with Crippen molar-refractivity contribution < 1.29 is 9.59 Å². The molecule has 2 aliphatic heterocycles. The van der Waals surface area contributed by atoms with Crippen molar-refractivity contribution >= 4 is 11.8 Å². The Kier molecular flexibility index (Phi) is 6.25. The van der Waals surface area contributed by atoms with Gasteiger partial charge < -0.3 is 10.2 Å². The van der Waals surface area contributed by atoms with Gasteiger partial charge in [0.2, 0.25) is 5.91 Å². The Balaban J connectivity index is 1.18. The van der Waals surface area contributed by atoms with E-state index in [0.717, 1.165) is 44.5 Å². The van der Waals surface area contributed by atoms with Gasteiger partial charge in [-0.05, 0) is 42.5 Å². The smallest absolute Gasteiger partial charge is 0.253 e. The number of nitrogens with one attached hydrogen (secondary N) is 1. The Labute approximate surface area is 172 Å². The molecule has 0 aromatic heterocycles. The molecule has 29 heavy (non-hydrogen) atoms. The molecule has 0 radical (unpaired) electrons. The number of amides is 2. The molecule has 2 aromatic carbocycles. The summed E-state index contributed by atoms with van der Waals surface area (Å²) in [5.74, 6) is 0.209. The van der Waals surface area contributed by atoms with E-state index < -0.39 is 0 Å². The second-order valence-electron chi connectivity index (χ2n) is 8.02.